The van der Waals surface area contributed by atoms with Gasteiger partial charge in [-0.1, -0.05) is 26.0 Å². The zero-order chi connectivity index (χ0) is 22.1. The minimum Gasteiger partial charge on any atom is -0.490 e. The lowest BCUT2D eigenvalue weighted by Crippen LogP contribution is -2.48. The van der Waals surface area contributed by atoms with Gasteiger partial charge in [0.1, 0.15) is 18.8 Å². The van der Waals surface area contributed by atoms with Crippen LogP contribution < -0.4 is 15.2 Å². The van der Waals surface area contributed by atoms with E-state index in [1.54, 1.807) is 0 Å². The number of morpholine rings is 1. The molecule has 30 heavy (non-hydrogen) atoms. The van der Waals surface area contributed by atoms with Crippen LogP contribution in [0.5, 0.6) is 11.5 Å². The van der Waals surface area contributed by atoms with Gasteiger partial charge in [0.15, 0.2) is 11.5 Å². The van der Waals surface area contributed by atoms with Gasteiger partial charge in [0.2, 0.25) is 6.29 Å². The molecule has 1 aromatic carbocycles. The van der Waals surface area contributed by atoms with Crippen molar-refractivity contribution in [1.29, 1.82) is 0 Å². The Morgan fingerprint density at radius 1 is 1.17 bits per heavy atom. The molecule has 0 aromatic heterocycles. The van der Waals surface area contributed by atoms with Gasteiger partial charge in [-0.2, -0.15) is 0 Å². The highest BCUT2D eigenvalue weighted by molar-refractivity contribution is 5.76. The Morgan fingerprint density at radius 2 is 1.83 bits per heavy atom. The molecule has 1 fully saturated rings. The quantitative estimate of drug-likeness (QED) is 0.474. The highest BCUT2D eigenvalue weighted by Gasteiger charge is 2.28. The summed E-state index contributed by atoms with van der Waals surface area (Å²) in [6, 6.07) is 6.61. The molecule has 1 saturated heterocycles. The van der Waals surface area contributed by atoms with Gasteiger partial charge in [0, 0.05) is 13.5 Å². The summed E-state index contributed by atoms with van der Waals surface area (Å²) in [5.41, 5.74) is 5.75. The molecule has 0 spiro atoms. The van der Waals surface area contributed by atoms with Crippen molar-refractivity contribution in [3.8, 4) is 11.5 Å². The second kappa shape index (κ2) is 11.6. The van der Waals surface area contributed by atoms with Gasteiger partial charge in [-0.25, -0.2) is 4.79 Å². The first kappa shape index (κ1) is 23.8. The number of hydrogen-bond donors (Lipinski definition) is 1. The fraction of sp³-hybridized carbons (Fsp3) is 0.619. The topological polar surface area (TPSA) is 110 Å². The number of nitrogens with zero attached hydrogens (tertiary/aromatic N) is 1. The van der Waals surface area contributed by atoms with Crippen LogP contribution in [0.2, 0.25) is 0 Å². The number of nitrogens with two attached hydrogens (primary N) is 1. The van der Waals surface area contributed by atoms with Crippen LogP contribution in [0.3, 0.4) is 0 Å². The number of benzene rings is 1. The molecule has 2 N–H and O–H groups in total. The third-order valence-electron chi connectivity index (χ3n) is 4.51. The largest absolute Gasteiger partial charge is 0.490 e. The number of carbonyl (C=O) groups is 2. The maximum Gasteiger partial charge on any atom is 0.413 e. The average Bonchev–Trinajstić information content (AvgIpc) is 2.72. The summed E-state index contributed by atoms with van der Waals surface area (Å²) in [4.78, 5) is 25.8. The summed E-state index contributed by atoms with van der Waals surface area (Å²) >= 11 is 0. The van der Waals surface area contributed by atoms with Crippen molar-refractivity contribution in [2.45, 2.75) is 46.1 Å². The van der Waals surface area contributed by atoms with Crippen molar-refractivity contribution < 1.29 is 33.3 Å². The molecule has 0 bridgehead atoms. The minimum absolute atomic E-state index is 0.0757. The second-order valence-electron chi connectivity index (χ2n) is 7.29. The normalized spacial score (nSPS) is 18.5. The van der Waals surface area contributed by atoms with Crippen LogP contribution in [0.4, 0.5) is 4.79 Å². The first-order valence-corrected chi connectivity index (χ1v) is 10.2. The molecule has 1 heterocycles. The van der Waals surface area contributed by atoms with Crippen LogP contribution in [-0.2, 0) is 19.0 Å². The summed E-state index contributed by atoms with van der Waals surface area (Å²) in [6.45, 7) is 8.80. The summed E-state index contributed by atoms with van der Waals surface area (Å²) < 4.78 is 27.4. The van der Waals surface area contributed by atoms with Gasteiger partial charge in [-0.05, 0) is 25.0 Å². The molecule has 1 aromatic rings. The number of esters is 1. The van der Waals surface area contributed by atoms with Gasteiger partial charge >= 0.3 is 12.1 Å². The van der Waals surface area contributed by atoms with Crippen LogP contribution in [0.1, 0.15) is 27.7 Å². The second-order valence-corrected chi connectivity index (χ2v) is 7.29. The van der Waals surface area contributed by atoms with Crippen molar-refractivity contribution in [3.05, 3.63) is 24.3 Å². The number of ether oxygens (including phenoxy) is 5. The van der Waals surface area contributed by atoms with Gasteiger partial charge < -0.3 is 34.3 Å². The maximum atomic E-state index is 12.4. The van der Waals surface area contributed by atoms with Crippen molar-refractivity contribution in [3.63, 3.8) is 0 Å². The molecule has 1 aliphatic heterocycles. The van der Waals surface area contributed by atoms with E-state index in [1.165, 1.54) is 11.8 Å². The lowest BCUT2D eigenvalue weighted by Gasteiger charge is -2.32. The third-order valence-corrected chi connectivity index (χ3v) is 4.51. The van der Waals surface area contributed by atoms with E-state index in [2.05, 4.69) is 0 Å². The molecule has 168 valence electrons. The molecular weight excluding hydrogens is 392 g/mol. The van der Waals surface area contributed by atoms with E-state index < -0.39 is 24.4 Å². The fourth-order valence-electron chi connectivity index (χ4n) is 2.77. The van der Waals surface area contributed by atoms with E-state index in [0.29, 0.717) is 37.8 Å². The molecule has 3 atom stereocenters. The number of para-hydroxylation sites is 2. The van der Waals surface area contributed by atoms with Crippen LogP contribution >= 0.6 is 0 Å². The Hall–Kier alpha value is -2.52. The predicted octanol–water partition coefficient (Wildman–Crippen LogP) is 2.17. The summed E-state index contributed by atoms with van der Waals surface area (Å²) in [6.07, 6.45) is -1.95. The molecule has 0 aliphatic carbocycles. The molecule has 2 unspecified atom stereocenters. The number of rotatable bonds is 9. The molecule has 2 rings (SSSR count). The SMILES string of the molecule is CCOc1ccccc1OCC1CN(C(=O)OC(C)OC(=O)[C@@H](N)C(C)C)CCO1. The van der Waals surface area contributed by atoms with E-state index >= 15 is 0 Å². The monoisotopic (exact) mass is 424 g/mol. The van der Waals surface area contributed by atoms with Crippen molar-refractivity contribution >= 4 is 12.1 Å². The van der Waals surface area contributed by atoms with E-state index in [-0.39, 0.29) is 18.6 Å². The Balaban J connectivity index is 1.82. The highest BCUT2D eigenvalue weighted by Crippen LogP contribution is 2.26. The Bertz CT molecular complexity index is 698. The molecule has 1 amide bonds. The summed E-state index contributed by atoms with van der Waals surface area (Å²) in [5.74, 6) is 0.590. The molecule has 0 radical (unpaired) electrons. The van der Waals surface area contributed by atoms with Crippen molar-refractivity contribution in [1.82, 2.24) is 4.90 Å². The van der Waals surface area contributed by atoms with Crippen LogP contribution in [0, 0.1) is 5.92 Å². The average molecular weight is 424 g/mol. The summed E-state index contributed by atoms with van der Waals surface area (Å²) in [7, 11) is 0. The molecule has 9 nitrogen and oxygen atoms in total. The lowest BCUT2D eigenvalue weighted by molar-refractivity contribution is -0.169. The van der Waals surface area contributed by atoms with Gasteiger partial charge in [-0.3, -0.25) is 4.79 Å². The minimum atomic E-state index is -1.04. The van der Waals surface area contributed by atoms with Gasteiger partial charge in [-0.15, -0.1) is 0 Å². The molecule has 1 aliphatic rings. The Morgan fingerprint density at radius 3 is 2.47 bits per heavy atom. The molecule has 9 heteroatoms. The summed E-state index contributed by atoms with van der Waals surface area (Å²) in [5, 5.41) is 0. The van der Waals surface area contributed by atoms with E-state index in [0.717, 1.165) is 0 Å². The number of amides is 1. The third kappa shape index (κ3) is 7.07. The predicted molar refractivity (Wildman–Crippen MR) is 109 cm³/mol. The van der Waals surface area contributed by atoms with Crippen LogP contribution in [0.15, 0.2) is 24.3 Å². The van der Waals surface area contributed by atoms with Gasteiger partial charge in [0.05, 0.1) is 19.8 Å². The first-order valence-electron chi connectivity index (χ1n) is 10.2. The van der Waals surface area contributed by atoms with E-state index in [9.17, 15) is 9.59 Å². The van der Waals surface area contributed by atoms with E-state index in [1.807, 2.05) is 45.0 Å². The molecule has 0 saturated carbocycles. The highest BCUT2D eigenvalue weighted by atomic mass is 16.7. The Kier molecular flexibility index (Phi) is 9.19. The maximum absolute atomic E-state index is 12.4. The standard InChI is InChI=1S/C21H32N2O7/c1-5-26-17-8-6-7-9-18(17)28-13-16-12-23(10-11-27-16)21(25)30-15(4)29-20(24)19(22)14(2)3/h6-9,14-16,19H,5,10-13,22H2,1-4H3/t15?,16?,19-/m0/s1. The smallest absolute Gasteiger partial charge is 0.413 e. The lowest BCUT2D eigenvalue weighted by atomic mass is 10.1. The van der Waals surface area contributed by atoms with Crippen LogP contribution in [-0.4, -0.2) is 68.3 Å². The van der Waals surface area contributed by atoms with Crippen LogP contribution in [0.25, 0.3) is 0 Å². The fourth-order valence-corrected chi connectivity index (χ4v) is 2.77. The number of carbonyl (C=O) groups excluding carboxylic acids is 2. The zero-order valence-corrected chi connectivity index (χ0v) is 18.0. The van der Waals surface area contributed by atoms with Crippen molar-refractivity contribution in [2.24, 2.45) is 11.7 Å². The zero-order valence-electron chi connectivity index (χ0n) is 18.0. The van der Waals surface area contributed by atoms with Gasteiger partial charge in [0.25, 0.3) is 0 Å². The number of hydrogen-bond acceptors (Lipinski definition) is 8. The molecular formula is C21H32N2O7. The Labute approximate surface area is 177 Å². The first-order chi connectivity index (χ1) is 14.3. The van der Waals surface area contributed by atoms with Crippen molar-refractivity contribution in [2.75, 3.05) is 32.9 Å². The van der Waals surface area contributed by atoms with E-state index in [4.69, 9.17) is 29.4 Å².